The topological polar surface area (TPSA) is 38.8 Å². The van der Waals surface area contributed by atoms with Gasteiger partial charge in [0.25, 0.3) is 11.7 Å². The Morgan fingerprint density at radius 1 is 0.958 bits per heavy atom. The van der Waals surface area contributed by atoms with E-state index in [0.29, 0.717) is 13.2 Å². The fourth-order valence-electron chi connectivity index (χ4n) is 3.71. The molecule has 1 spiro atoms. The van der Waals surface area contributed by atoms with Crippen molar-refractivity contribution in [3.63, 3.8) is 0 Å². The lowest BCUT2D eigenvalue weighted by molar-refractivity contribution is -0.180. The highest BCUT2D eigenvalue weighted by molar-refractivity contribution is 6.06. The second-order valence-corrected chi connectivity index (χ2v) is 6.76. The number of para-hydroxylation sites is 1. The molecule has 1 amide bonds. The molecule has 4 nitrogen and oxygen atoms in total. The van der Waals surface area contributed by atoms with Gasteiger partial charge in [-0.3, -0.25) is 4.79 Å². The summed E-state index contributed by atoms with van der Waals surface area (Å²) in [7, 11) is 0. The van der Waals surface area contributed by atoms with Crippen LogP contribution in [-0.4, -0.2) is 25.7 Å². The standard InChI is InChI=1S/C20H29NO3/c1-2-3-4-5-6-7-8-11-14-21-18-13-10-9-12-17(18)20(19(21)22)23-15-16-24-20/h9-10,12-13H,2-8,11,14-16H2,1H3. The van der Waals surface area contributed by atoms with E-state index in [-0.39, 0.29) is 5.91 Å². The molecule has 0 N–H and O–H groups in total. The van der Waals surface area contributed by atoms with E-state index in [1.165, 1.54) is 44.9 Å². The van der Waals surface area contributed by atoms with Gasteiger partial charge in [-0.05, 0) is 12.5 Å². The number of carbonyl (C=O) groups is 1. The lowest BCUT2D eigenvalue weighted by Gasteiger charge is -2.22. The molecule has 0 unspecified atom stereocenters. The summed E-state index contributed by atoms with van der Waals surface area (Å²) in [4.78, 5) is 14.8. The van der Waals surface area contributed by atoms with E-state index in [4.69, 9.17) is 9.47 Å². The molecule has 1 fully saturated rings. The number of nitrogens with zero attached hydrogens (tertiary/aromatic N) is 1. The quantitative estimate of drug-likeness (QED) is 0.631. The minimum absolute atomic E-state index is 0.0517. The number of rotatable bonds is 9. The third-order valence-corrected chi connectivity index (χ3v) is 5.01. The molecule has 132 valence electrons. The summed E-state index contributed by atoms with van der Waals surface area (Å²) in [5, 5.41) is 0. The van der Waals surface area contributed by atoms with E-state index in [2.05, 4.69) is 6.92 Å². The molecule has 2 aliphatic heterocycles. The normalized spacial score (nSPS) is 18.5. The number of ether oxygens (including phenoxy) is 2. The highest BCUT2D eigenvalue weighted by atomic mass is 16.7. The van der Waals surface area contributed by atoms with Crippen molar-refractivity contribution >= 4 is 11.6 Å². The molecule has 0 atom stereocenters. The molecule has 1 saturated heterocycles. The van der Waals surface area contributed by atoms with E-state index in [9.17, 15) is 4.79 Å². The average Bonchev–Trinajstić information content (AvgIpc) is 3.18. The molecular weight excluding hydrogens is 302 g/mol. The highest BCUT2D eigenvalue weighted by Crippen LogP contribution is 2.45. The van der Waals surface area contributed by atoms with Crippen LogP contribution in [0.4, 0.5) is 5.69 Å². The minimum atomic E-state index is -1.17. The maximum Gasteiger partial charge on any atom is 0.292 e. The van der Waals surface area contributed by atoms with Gasteiger partial charge in [0.1, 0.15) is 0 Å². The van der Waals surface area contributed by atoms with Crippen LogP contribution in [0.25, 0.3) is 0 Å². The van der Waals surface area contributed by atoms with Crippen LogP contribution in [0.3, 0.4) is 0 Å². The van der Waals surface area contributed by atoms with Crippen molar-refractivity contribution in [3.8, 4) is 0 Å². The fourth-order valence-corrected chi connectivity index (χ4v) is 3.71. The van der Waals surface area contributed by atoms with Crippen molar-refractivity contribution in [3.05, 3.63) is 29.8 Å². The Morgan fingerprint density at radius 2 is 1.58 bits per heavy atom. The molecule has 0 bridgehead atoms. The molecule has 0 aromatic heterocycles. The van der Waals surface area contributed by atoms with Crippen LogP contribution >= 0.6 is 0 Å². The number of hydrogen-bond acceptors (Lipinski definition) is 3. The van der Waals surface area contributed by atoms with Crippen LogP contribution in [0, 0.1) is 0 Å². The number of amides is 1. The van der Waals surface area contributed by atoms with Gasteiger partial charge in [-0.1, -0.05) is 70.1 Å². The molecule has 2 heterocycles. The summed E-state index contributed by atoms with van der Waals surface area (Å²) in [5.41, 5.74) is 1.82. The molecule has 24 heavy (non-hydrogen) atoms. The molecule has 0 aliphatic carbocycles. The predicted molar refractivity (Wildman–Crippen MR) is 95.0 cm³/mol. The number of fused-ring (bicyclic) bond motifs is 2. The average molecular weight is 331 g/mol. The van der Waals surface area contributed by atoms with Gasteiger partial charge in [-0.2, -0.15) is 0 Å². The second kappa shape index (κ2) is 8.13. The summed E-state index contributed by atoms with van der Waals surface area (Å²) in [5.74, 6) is -1.22. The number of anilines is 1. The van der Waals surface area contributed by atoms with Crippen molar-refractivity contribution in [1.82, 2.24) is 0 Å². The van der Waals surface area contributed by atoms with Crippen molar-refractivity contribution in [1.29, 1.82) is 0 Å². The first-order valence-corrected chi connectivity index (χ1v) is 9.49. The van der Waals surface area contributed by atoms with E-state index in [1.54, 1.807) is 0 Å². The van der Waals surface area contributed by atoms with Crippen LogP contribution in [0.15, 0.2) is 24.3 Å². The molecule has 4 heteroatoms. The minimum Gasteiger partial charge on any atom is -0.336 e. The van der Waals surface area contributed by atoms with Crippen LogP contribution in [0.5, 0.6) is 0 Å². The third kappa shape index (κ3) is 3.35. The van der Waals surface area contributed by atoms with Crippen molar-refractivity contribution in [2.45, 2.75) is 64.1 Å². The lowest BCUT2D eigenvalue weighted by atomic mass is 10.1. The molecule has 2 aliphatic rings. The van der Waals surface area contributed by atoms with Gasteiger partial charge in [-0.15, -0.1) is 0 Å². The van der Waals surface area contributed by atoms with Gasteiger partial charge in [0.15, 0.2) is 0 Å². The summed E-state index contributed by atoms with van der Waals surface area (Å²) < 4.78 is 11.5. The zero-order valence-corrected chi connectivity index (χ0v) is 14.8. The van der Waals surface area contributed by atoms with E-state index in [1.807, 2.05) is 29.2 Å². The lowest BCUT2D eigenvalue weighted by Crippen LogP contribution is -2.41. The zero-order valence-electron chi connectivity index (χ0n) is 14.8. The number of unbranched alkanes of at least 4 members (excludes halogenated alkanes) is 7. The summed E-state index contributed by atoms with van der Waals surface area (Å²) in [6.45, 7) is 3.95. The molecular formula is C20H29NO3. The molecule has 0 saturated carbocycles. The third-order valence-electron chi connectivity index (χ3n) is 5.01. The van der Waals surface area contributed by atoms with Gasteiger partial charge >= 0.3 is 0 Å². The Balaban J connectivity index is 1.52. The first-order valence-electron chi connectivity index (χ1n) is 9.49. The predicted octanol–water partition coefficient (Wildman–Crippen LogP) is 4.37. The first kappa shape index (κ1) is 17.4. The number of hydrogen-bond donors (Lipinski definition) is 0. The fraction of sp³-hybridized carbons (Fsp3) is 0.650. The maximum absolute atomic E-state index is 12.9. The van der Waals surface area contributed by atoms with E-state index >= 15 is 0 Å². The van der Waals surface area contributed by atoms with Crippen molar-refractivity contribution < 1.29 is 14.3 Å². The monoisotopic (exact) mass is 331 g/mol. The van der Waals surface area contributed by atoms with Crippen LogP contribution in [0.2, 0.25) is 0 Å². The summed E-state index contributed by atoms with van der Waals surface area (Å²) in [6, 6.07) is 7.86. The first-order chi connectivity index (χ1) is 11.8. The zero-order chi connectivity index (χ0) is 16.8. The van der Waals surface area contributed by atoms with Gasteiger partial charge < -0.3 is 14.4 Å². The van der Waals surface area contributed by atoms with Gasteiger partial charge in [0, 0.05) is 12.1 Å². The Labute approximate surface area is 145 Å². The van der Waals surface area contributed by atoms with Gasteiger partial charge in [0.05, 0.1) is 18.9 Å². The highest BCUT2D eigenvalue weighted by Gasteiger charge is 2.55. The van der Waals surface area contributed by atoms with Gasteiger partial charge in [-0.25, -0.2) is 0 Å². The molecule has 1 aromatic rings. The van der Waals surface area contributed by atoms with E-state index in [0.717, 1.165) is 24.2 Å². The smallest absolute Gasteiger partial charge is 0.292 e. The summed E-state index contributed by atoms with van der Waals surface area (Å²) in [6.07, 6.45) is 10.1. The second-order valence-electron chi connectivity index (χ2n) is 6.76. The van der Waals surface area contributed by atoms with Crippen LogP contribution < -0.4 is 4.90 Å². The number of benzene rings is 1. The largest absolute Gasteiger partial charge is 0.336 e. The van der Waals surface area contributed by atoms with E-state index < -0.39 is 5.79 Å². The SMILES string of the molecule is CCCCCCCCCCN1C(=O)C2(OCCO2)c2ccccc21. The summed E-state index contributed by atoms with van der Waals surface area (Å²) >= 11 is 0. The Hall–Kier alpha value is -1.39. The van der Waals surface area contributed by atoms with Crippen LogP contribution in [0.1, 0.15) is 63.9 Å². The molecule has 1 aromatic carbocycles. The Morgan fingerprint density at radius 3 is 2.29 bits per heavy atom. The van der Waals surface area contributed by atoms with Gasteiger partial charge in [0.2, 0.25) is 0 Å². The van der Waals surface area contributed by atoms with Crippen molar-refractivity contribution in [2.24, 2.45) is 0 Å². The maximum atomic E-state index is 12.9. The van der Waals surface area contributed by atoms with Crippen molar-refractivity contribution in [2.75, 3.05) is 24.7 Å². The Bertz CT molecular complexity index is 552. The Kier molecular flexibility index (Phi) is 5.90. The van der Waals surface area contributed by atoms with Crippen LogP contribution in [-0.2, 0) is 20.1 Å². The number of carbonyl (C=O) groups excluding carboxylic acids is 1. The molecule has 0 radical (unpaired) electrons. The molecule has 3 rings (SSSR count).